The zero-order valence-corrected chi connectivity index (χ0v) is 15.4. The average molecular weight is 374 g/mol. The van der Waals surface area contributed by atoms with Crippen molar-refractivity contribution in [3.8, 4) is 5.75 Å². The van der Waals surface area contributed by atoms with Crippen LogP contribution in [0.25, 0.3) is 0 Å². The van der Waals surface area contributed by atoms with Gasteiger partial charge in [-0.15, -0.1) is 0 Å². The van der Waals surface area contributed by atoms with Crippen LogP contribution >= 0.6 is 0 Å². The number of rotatable bonds is 6. The molecular formula is C20H26N2O5. The van der Waals surface area contributed by atoms with E-state index in [1.54, 1.807) is 12.1 Å². The Balaban J connectivity index is 1.50. The molecule has 1 saturated carbocycles. The van der Waals surface area contributed by atoms with Crippen molar-refractivity contribution in [1.29, 1.82) is 0 Å². The van der Waals surface area contributed by atoms with Gasteiger partial charge in [0.25, 0.3) is 11.8 Å². The van der Waals surface area contributed by atoms with E-state index in [4.69, 9.17) is 15.2 Å². The smallest absolute Gasteiger partial charge is 0.338 e. The number of carbonyl (C=O) groups is 3. The van der Waals surface area contributed by atoms with Gasteiger partial charge in [0.15, 0.2) is 13.2 Å². The van der Waals surface area contributed by atoms with Crippen molar-refractivity contribution in [2.24, 2.45) is 11.7 Å². The van der Waals surface area contributed by atoms with Crippen LogP contribution in [0.15, 0.2) is 24.3 Å². The highest BCUT2D eigenvalue weighted by Gasteiger charge is 2.35. The molecule has 1 aliphatic heterocycles. The summed E-state index contributed by atoms with van der Waals surface area (Å²) in [6.45, 7) is 0.293. The van der Waals surface area contributed by atoms with Gasteiger partial charge >= 0.3 is 5.97 Å². The Morgan fingerprint density at radius 1 is 1.00 bits per heavy atom. The van der Waals surface area contributed by atoms with E-state index in [-0.39, 0.29) is 19.1 Å². The normalized spacial score (nSPS) is 21.9. The summed E-state index contributed by atoms with van der Waals surface area (Å²) in [6, 6.07) is 6.47. The molecule has 2 aliphatic rings. The van der Waals surface area contributed by atoms with Crippen LogP contribution < -0.4 is 10.5 Å². The first kappa shape index (κ1) is 19.2. The van der Waals surface area contributed by atoms with Crippen molar-refractivity contribution in [2.45, 2.75) is 44.6 Å². The maximum absolute atomic E-state index is 12.6. The Morgan fingerprint density at radius 2 is 1.70 bits per heavy atom. The van der Waals surface area contributed by atoms with Gasteiger partial charge in [0.1, 0.15) is 5.75 Å². The molecule has 7 nitrogen and oxygen atoms in total. The zero-order valence-electron chi connectivity index (χ0n) is 15.4. The lowest BCUT2D eigenvalue weighted by molar-refractivity contribution is -0.140. The Hall–Kier alpha value is -2.57. The fraction of sp³-hybridized carbons (Fsp3) is 0.550. The van der Waals surface area contributed by atoms with Crippen molar-refractivity contribution >= 4 is 17.8 Å². The number of fused-ring (bicyclic) bond motifs is 1. The third-order valence-electron chi connectivity index (χ3n) is 5.36. The van der Waals surface area contributed by atoms with E-state index >= 15 is 0 Å². The summed E-state index contributed by atoms with van der Waals surface area (Å²) in [6.07, 6.45) is 6.87. The van der Waals surface area contributed by atoms with Crippen LogP contribution in [0.2, 0.25) is 0 Å². The molecule has 0 bridgehead atoms. The van der Waals surface area contributed by atoms with Crippen LogP contribution in [-0.4, -0.2) is 48.5 Å². The van der Waals surface area contributed by atoms with E-state index in [1.165, 1.54) is 31.4 Å². The molecule has 2 N–H and O–H groups in total. The lowest BCUT2D eigenvalue weighted by atomic mass is 9.78. The van der Waals surface area contributed by atoms with Gasteiger partial charge in [-0.1, -0.05) is 12.8 Å². The highest BCUT2D eigenvalue weighted by Crippen LogP contribution is 2.35. The van der Waals surface area contributed by atoms with Crippen molar-refractivity contribution in [2.75, 3.05) is 19.8 Å². The van der Waals surface area contributed by atoms with E-state index in [1.807, 2.05) is 4.90 Å². The van der Waals surface area contributed by atoms with Crippen LogP contribution in [0.5, 0.6) is 5.75 Å². The molecular weight excluding hydrogens is 348 g/mol. The number of nitrogens with two attached hydrogens (primary N) is 1. The minimum absolute atomic E-state index is 0.110. The Bertz CT molecular complexity index is 686. The second-order valence-corrected chi connectivity index (χ2v) is 7.20. The molecule has 0 radical (unpaired) electrons. The first-order valence-electron chi connectivity index (χ1n) is 9.52. The number of benzene rings is 1. The number of ether oxygens (including phenoxy) is 2. The minimum Gasteiger partial charge on any atom is -0.484 e. The predicted octanol–water partition coefficient (Wildman–Crippen LogP) is 1.89. The molecule has 27 heavy (non-hydrogen) atoms. The number of hydrogen-bond acceptors (Lipinski definition) is 5. The molecule has 1 saturated heterocycles. The van der Waals surface area contributed by atoms with E-state index in [0.29, 0.717) is 23.3 Å². The van der Waals surface area contributed by atoms with E-state index in [2.05, 4.69) is 0 Å². The summed E-state index contributed by atoms with van der Waals surface area (Å²) >= 11 is 0. The van der Waals surface area contributed by atoms with E-state index < -0.39 is 11.9 Å². The summed E-state index contributed by atoms with van der Waals surface area (Å²) < 4.78 is 10.4. The van der Waals surface area contributed by atoms with E-state index in [9.17, 15) is 14.4 Å². The largest absolute Gasteiger partial charge is 0.484 e. The summed E-state index contributed by atoms with van der Waals surface area (Å²) in [5.41, 5.74) is 5.34. The second-order valence-electron chi connectivity index (χ2n) is 7.20. The fourth-order valence-electron chi connectivity index (χ4n) is 4.07. The van der Waals surface area contributed by atoms with Crippen LogP contribution in [-0.2, 0) is 14.3 Å². The van der Waals surface area contributed by atoms with Gasteiger partial charge < -0.3 is 20.1 Å². The standard InChI is InChI=1S/C20H26N2O5/c21-18(23)12-26-16-9-7-15(8-10-16)20(25)27-13-19(24)22-11-3-5-14-4-1-2-6-17(14)22/h7-10,14,17H,1-6,11-13H2,(H2,21,23)/t14-,17+/m1/s1. The number of likely N-dealkylation sites (tertiary alicyclic amines) is 1. The summed E-state index contributed by atoms with van der Waals surface area (Å²) in [4.78, 5) is 37.4. The van der Waals surface area contributed by atoms with Crippen LogP contribution in [0, 0.1) is 5.92 Å². The molecule has 1 aromatic carbocycles. The number of nitrogens with zero attached hydrogens (tertiary/aromatic N) is 1. The molecule has 0 spiro atoms. The van der Waals surface area contributed by atoms with E-state index in [0.717, 1.165) is 25.8 Å². The third kappa shape index (κ3) is 4.99. The highest BCUT2D eigenvalue weighted by atomic mass is 16.5. The summed E-state index contributed by atoms with van der Waals surface area (Å²) in [7, 11) is 0. The molecule has 1 heterocycles. The molecule has 2 atom stereocenters. The topological polar surface area (TPSA) is 98.9 Å². The lowest BCUT2D eigenvalue weighted by Gasteiger charge is -2.44. The molecule has 3 rings (SSSR count). The Kier molecular flexibility index (Phi) is 6.32. The van der Waals surface area contributed by atoms with Gasteiger partial charge in [0, 0.05) is 12.6 Å². The third-order valence-corrected chi connectivity index (χ3v) is 5.36. The molecule has 0 unspecified atom stereocenters. The number of esters is 1. The second kappa shape index (κ2) is 8.88. The van der Waals surface area contributed by atoms with Crippen molar-refractivity contribution in [3.63, 3.8) is 0 Å². The maximum atomic E-state index is 12.6. The van der Waals surface area contributed by atoms with Crippen LogP contribution in [0.1, 0.15) is 48.9 Å². The average Bonchev–Trinajstić information content (AvgIpc) is 2.70. The van der Waals surface area contributed by atoms with Crippen LogP contribution in [0.4, 0.5) is 0 Å². The van der Waals surface area contributed by atoms with Gasteiger partial charge in [-0.25, -0.2) is 4.79 Å². The molecule has 0 aromatic heterocycles. The van der Waals surface area contributed by atoms with Crippen molar-refractivity contribution in [3.05, 3.63) is 29.8 Å². The van der Waals surface area contributed by atoms with Crippen molar-refractivity contribution in [1.82, 2.24) is 4.90 Å². The SMILES string of the molecule is NC(=O)COc1ccc(C(=O)OCC(=O)N2CCC[C@H]3CCCC[C@@H]32)cc1. The minimum atomic E-state index is -0.574. The Morgan fingerprint density at radius 3 is 2.44 bits per heavy atom. The monoisotopic (exact) mass is 374 g/mol. The molecule has 7 heteroatoms. The predicted molar refractivity (Wildman–Crippen MR) is 98.1 cm³/mol. The number of piperidine rings is 1. The van der Waals surface area contributed by atoms with Crippen LogP contribution in [0.3, 0.4) is 0 Å². The van der Waals surface area contributed by atoms with Gasteiger partial charge in [0.2, 0.25) is 0 Å². The maximum Gasteiger partial charge on any atom is 0.338 e. The fourth-order valence-corrected chi connectivity index (χ4v) is 4.07. The molecule has 2 fully saturated rings. The van der Waals surface area contributed by atoms with Gasteiger partial charge in [-0.3, -0.25) is 9.59 Å². The van der Waals surface area contributed by atoms with Gasteiger partial charge in [-0.2, -0.15) is 0 Å². The number of amides is 2. The van der Waals surface area contributed by atoms with Crippen molar-refractivity contribution < 1.29 is 23.9 Å². The van der Waals surface area contributed by atoms with Gasteiger partial charge in [0.05, 0.1) is 5.56 Å². The lowest BCUT2D eigenvalue weighted by Crippen LogP contribution is -2.50. The summed E-state index contributed by atoms with van der Waals surface area (Å²) in [5, 5.41) is 0. The number of hydrogen-bond donors (Lipinski definition) is 1. The first-order valence-corrected chi connectivity index (χ1v) is 9.52. The molecule has 2 amide bonds. The Labute approximate surface area is 158 Å². The quantitative estimate of drug-likeness (QED) is 0.767. The number of carbonyl (C=O) groups excluding carboxylic acids is 3. The first-order chi connectivity index (χ1) is 13.0. The summed E-state index contributed by atoms with van der Waals surface area (Å²) in [5.74, 6) is -0.212. The highest BCUT2D eigenvalue weighted by molar-refractivity contribution is 5.91. The molecule has 1 aromatic rings. The number of primary amides is 1. The molecule has 1 aliphatic carbocycles. The van der Waals surface area contributed by atoms with Gasteiger partial charge in [-0.05, 0) is 55.9 Å². The zero-order chi connectivity index (χ0) is 19.2. The molecule has 146 valence electrons.